The zero-order chi connectivity index (χ0) is 40.9. The van der Waals surface area contributed by atoms with E-state index in [1.165, 1.54) is 12.1 Å². The number of allylic oxidation sites excluding steroid dienone is 8. The van der Waals surface area contributed by atoms with Crippen molar-refractivity contribution >= 4 is 42.9 Å². The second-order valence-electron chi connectivity index (χ2n) is 18.4. The van der Waals surface area contributed by atoms with Gasteiger partial charge in [-0.25, -0.2) is 8.42 Å². The first-order valence-electron chi connectivity index (χ1n) is 19.1. The summed E-state index contributed by atoms with van der Waals surface area (Å²) in [7, 11) is 4.65. The lowest BCUT2D eigenvalue weighted by Gasteiger charge is -2.29. The van der Waals surface area contributed by atoms with Crippen molar-refractivity contribution in [3.63, 3.8) is 0 Å². The summed E-state index contributed by atoms with van der Waals surface area (Å²) in [4.78, 5) is 18.5. The van der Waals surface area contributed by atoms with Gasteiger partial charge in [-0.15, -0.1) is 0 Å². The fourth-order valence-electron chi connectivity index (χ4n) is 8.13. The molecule has 10 nitrogen and oxygen atoms in total. The van der Waals surface area contributed by atoms with E-state index in [9.17, 15) is 26.5 Å². The lowest BCUT2D eigenvalue weighted by atomic mass is 9.82. The van der Waals surface area contributed by atoms with E-state index in [-0.39, 0.29) is 15.6 Å². The van der Waals surface area contributed by atoms with Crippen LogP contribution in [-0.4, -0.2) is 111 Å². The minimum atomic E-state index is -4.63. The monoisotopic (exact) mass is 792 g/mol. The third-order valence-electron chi connectivity index (χ3n) is 11.2. The molecule has 0 spiro atoms. The third-order valence-corrected chi connectivity index (χ3v) is 13.0. The molecule has 2 heterocycles. The maximum absolute atomic E-state index is 14.1. The molecule has 1 aliphatic carbocycles. The molecule has 12 heteroatoms. The molecule has 55 heavy (non-hydrogen) atoms. The average molecular weight is 793 g/mol. The molecule has 0 radical (unpaired) electrons. The van der Waals surface area contributed by atoms with Crippen LogP contribution in [0.15, 0.2) is 93.0 Å². The number of fused-ring (bicyclic) bond motifs is 2. The van der Waals surface area contributed by atoms with E-state index < -0.39 is 30.8 Å². The summed E-state index contributed by atoms with van der Waals surface area (Å²) < 4.78 is 62.5. The molecular formula is C43H60N4O6S2. The minimum Gasteiger partial charge on any atom is -0.774 e. The Bertz CT molecular complexity index is 2040. The van der Waals surface area contributed by atoms with Crippen LogP contribution in [0.2, 0.25) is 0 Å². The molecule has 1 saturated carbocycles. The first kappa shape index (κ1) is 42.6. The molecule has 0 amide bonds. The van der Waals surface area contributed by atoms with Crippen LogP contribution in [0.3, 0.4) is 0 Å². The highest BCUT2D eigenvalue weighted by Crippen LogP contribution is 2.50. The number of benzene rings is 2. The number of rotatable bonds is 12. The van der Waals surface area contributed by atoms with Crippen LogP contribution < -0.4 is 9.80 Å². The SMILES string of the molecule is C=S(=O)([O-])c1ccc2c(c1)C(C)(C)/C(=C\C=C1/CCC/C(=C\C=C3\N(CCC[N+](C)(C)C)c4ccc(S(=O)(=O)[O-])cc4C3(C)C)C1=O)N2CCC[N+](C)(C)C. The van der Waals surface area contributed by atoms with Crippen molar-refractivity contribution in [3.8, 4) is 0 Å². The molecule has 0 bridgehead atoms. The zero-order valence-electron chi connectivity index (χ0n) is 34.4. The van der Waals surface area contributed by atoms with Crippen LogP contribution in [0.5, 0.6) is 0 Å². The predicted octanol–water partition coefficient (Wildman–Crippen LogP) is 6.26. The number of anilines is 2. The molecule has 2 aromatic carbocycles. The molecule has 2 aliphatic heterocycles. The fraction of sp³-hybridized carbons (Fsp3) is 0.488. The van der Waals surface area contributed by atoms with Crippen LogP contribution in [0, 0.1) is 0 Å². The lowest BCUT2D eigenvalue weighted by Crippen LogP contribution is -2.37. The van der Waals surface area contributed by atoms with Gasteiger partial charge in [0.1, 0.15) is 10.1 Å². The average Bonchev–Trinajstić information content (AvgIpc) is 3.39. The predicted molar refractivity (Wildman–Crippen MR) is 222 cm³/mol. The normalized spacial score (nSPS) is 22.5. The van der Waals surface area contributed by atoms with Gasteiger partial charge in [0.2, 0.25) is 0 Å². The Morgan fingerprint density at radius 2 is 1.09 bits per heavy atom. The highest BCUT2D eigenvalue weighted by atomic mass is 32.2. The van der Waals surface area contributed by atoms with Gasteiger partial charge in [-0.3, -0.25) is 9.00 Å². The van der Waals surface area contributed by atoms with Crippen molar-refractivity contribution < 1.29 is 35.5 Å². The largest absolute Gasteiger partial charge is 0.774 e. The minimum absolute atomic E-state index is 0.0000730. The van der Waals surface area contributed by atoms with Gasteiger partial charge >= 0.3 is 0 Å². The standard InChI is InChI=1S/C43H60N4O6S2/c1-42(2)35-29-33(54(11,49)50)19-21-37(35)44(25-13-27-46(5,6)7)39(42)23-17-31-15-12-16-32(41(31)48)18-24-40-43(3,4)36-30-34(55(51,52)53)20-22-38(36)45(40)26-14-28-47(8,9)10/h17-24,29-30H,11-16,25-28H2,1-10H3/b31-17+,32-18+,39-23+,40-24+. The van der Waals surface area contributed by atoms with E-state index in [1.807, 2.05) is 44.2 Å². The van der Waals surface area contributed by atoms with Gasteiger partial charge in [0.05, 0.1) is 60.3 Å². The Kier molecular flexibility index (Phi) is 11.7. The van der Waals surface area contributed by atoms with Gasteiger partial charge in [0, 0.05) is 64.4 Å². The van der Waals surface area contributed by atoms with E-state index in [1.54, 1.807) is 18.2 Å². The molecule has 0 N–H and O–H groups in total. The van der Waals surface area contributed by atoms with Gasteiger partial charge < -0.3 is 27.9 Å². The smallest absolute Gasteiger partial charge is 0.184 e. The van der Waals surface area contributed by atoms with Crippen molar-refractivity contribution in [1.82, 2.24) is 0 Å². The molecule has 5 rings (SSSR count). The second-order valence-corrected chi connectivity index (χ2v) is 21.5. The number of ketones is 1. The van der Waals surface area contributed by atoms with E-state index in [0.29, 0.717) is 25.0 Å². The zero-order valence-corrected chi connectivity index (χ0v) is 36.0. The highest BCUT2D eigenvalue weighted by molar-refractivity contribution is 7.95. The molecule has 1 atom stereocenters. The van der Waals surface area contributed by atoms with E-state index >= 15 is 0 Å². The summed E-state index contributed by atoms with van der Waals surface area (Å²) in [6.45, 7) is 11.6. The van der Waals surface area contributed by atoms with Gasteiger partial charge in [0.15, 0.2) is 5.78 Å². The molecular weight excluding hydrogens is 733 g/mol. The second kappa shape index (κ2) is 15.1. The molecule has 0 aromatic heterocycles. The number of hydrogen-bond acceptors (Lipinski definition) is 8. The number of Topliss-reactive ketones (excluding diaryl/α,β-unsaturated/α-hetero) is 1. The Balaban J connectivity index is 1.50. The van der Waals surface area contributed by atoms with Crippen molar-refractivity contribution in [2.24, 2.45) is 0 Å². The molecule has 0 saturated heterocycles. The number of hydrogen-bond donors (Lipinski definition) is 0. The molecule has 1 fully saturated rings. The Morgan fingerprint density at radius 3 is 1.47 bits per heavy atom. The van der Waals surface area contributed by atoms with Crippen molar-refractivity contribution in [1.29, 1.82) is 0 Å². The van der Waals surface area contributed by atoms with E-state index in [4.69, 9.17) is 0 Å². The Labute approximate surface area is 330 Å². The summed E-state index contributed by atoms with van der Waals surface area (Å²) >= 11 is 0. The van der Waals surface area contributed by atoms with Crippen LogP contribution in [-0.2, 0) is 35.5 Å². The van der Waals surface area contributed by atoms with Gasteiger partial charge in [-0.05, 0) is 90.1 Å². The Hall–Kier alpha value is -3.52. The van der Waals surface area contributed by atoms with Crippen LogP contribution in [0.1, 0.15) is 70.9 Å². The van der Waals surface area contributed by atoms with Gasteiger partial charge in [-0.2, -0.15) is 0 Å². The first-order chi connectivity index (χ1) is 25.2. The fourth-order valence-corrected chi connectivity index (χ4v) is 9.20. The number of nitrogens with zero attached hydrogens (tertiary/aromatic N) is 4. The van der Waals surface area contributed by atoms with Gasteiger partial charge in [-0.1, -0.05) is 55.5 Å². The van der Waals surface area contributed by atoms with Crippen LogP contribution >= 0.6 is 0 Å². The summed E-state index contributed by atoms with van der Waals surface area (Å²) in [5.74, 6) is 3.39. The van der Waals surface area contributed by atoms with E-state index in [0.717, 1.165) is 87.3 Å². The highest BCUT2D eigenvalue weighted by Gasteiger charge is 2.42. The topological polar surface area (TPSA) is 121 Å². The lowest BCUT2D eigenvalue weighted by molar-refractivity contribution is -0.870. The quantitative estimate of drug-likeness (QED) is 0.107. The third kappa shape index (κ3) is 9.38. The van der Waals surface area contributed by atoms with Crippen molar-refractivity contribution in [2.75, 3.05) is 78.3 Å². The van der Waals surface area contributed by atoms with E-state index in [2.05, 4.69) is 71.8 Å². The molecule has 300 valence electrons. The molecule has 1 unspecified atom stereocenters. The maximum atomic E-state index is 14.1. The summed E-state index contributed by atoms with van der Waals surface area (Å²) in [6, 6.07) is 9.87. The van der Waals surface area contributed by atoms with Crippen molar-refractivity contribution in [3.05, 3.63) is 94.4 Å². The molecule has 2 aromatic rings. The van der Waals surface area contributed by atoms with Crippen molar-refractivity contribution in [2.45, 2.75) is 80.4 Å². The Morgan fingerprint density at radius 1 is 0.691 bits per heavy atom. The van der Waals surface area contributed by atoms with Crippen LogP contribution in [0.4, 0.5) is 11.4 Å². The molecule has 3 aliphatic rings. The number of carbonyl (C=O) groups excluding carboxylic acids is 1. The van der Waals surface area contributed by atoms with Crippen LogP contribution in [0.25, 0.3) is 0 Å². The summed E-state index contributed by atoms with van der Waals surface area (Å²) in [5, 5.41) is 0. The van der Waals surface area contributed by atoms with Gasteiger partial charge in [0.25, 0.3) is 0 Å². The first-order valence-corrected chi connectivity index (χ1v) is 22.1. The number of carbonyl (C=O) groups is 1. The summed E-state index contributed by atoms with van der Waals surface area (Å²) in [6.07, 6.45) is 11.8. The summed E-state index contributed by atoms with van der Waals surface area (Å²) in [5.41, 5.74) is 5.79. The number of quaternary nitrogens is 2. The maximum Gasteiger partial charge on any atom is 0.184 e.